The minimum atomic E-state index is -0.664. The number of nitrogens with two attached hydrogens (primary N) is 1. The van der Waals surface area contributed by atoms with Gasteiger partial charge in [0.25, 0.3) is 5.91 Å². The fraction of sp³-hybridized carbons (Fsp3) is 0.350. The van der Waals surface area contributed by atoms with Gasteiger partial charge in [0.1, 0.15) is 4.38 Å². The number of fused-ring (bicyclic) bond motifs is 1. The SMILES string of the molecule is CC(C)C[C@@](N)(CO)CSC1=NC(=O)C(=Cc2ccc3ncccc3c2)S1. The summed E-state index contributed by atoms with van der Waals surface area (Å²) in [6.45, 7) is 4.07. The first kappa shape index (κ1) is 20.1. The Labute approximate surface area is 167 Å². The molecule has 27 heavy (non-hydrogen) atoms. The highest BCUT2D eigenvalue weighted by molar-refractivity contribution is 8.41. The fourth-order valence-electron chi connectivity index (χ4n) is 2.97. The number of nitrogens with zero attached hydrogens (tertiary/aromatic N) is 2. The maximum Gasteiger partial charge on any atom is 0.285 e. The van der Waals surface area contributed by atoms with Gasteiger partial charge in [-0.05, 0) is 42.2 Å². The first-order chi connectivity index (χ1) is 12.9. The highest BCUT2D eigenvalue weighted by atomic mass is 32.2. The molecule has 7 heteroatoms. The molecule has 1 aromatic heterocycles. The molecule has 1 aliphatic rings. The van der Waals surface area contributed by atoms with Crippen LogP contribution in [0, 0.1) is 5.92 Å². The molecule has 0 spiro atoms. The van der Waals surface area contributed by atoms with Gasteiger partial charge in [0.2, 0.25) is 0 Å². The van der Waals surface area contributed by atoms with E-state index >= 15 is 0 Å². The average Bonchev–Trinajstić information content (AvgIpc) is 2.99. The van der Waals surface area contributed by atoms with Gasteiger partial charge in [-0.1, -0.05) is 49.5 Å². The minimum absolute atomic E-state index is 0.0854. The molecule has 0 fully saturated rings. The number of benzene rings is 1. The van der Waals surface area contributed by atoms with E-state index in [1.807, 2.05) is 36.4 Å². The van der Waals surface area contributed by atoms with Gasteiger partial charge >= 0.3 is 0 Å². The molecule has 0 saturated carbocycles. The van der Waals surface area contributed by atoms with E-state index in [1.54, 1.807) is 6.20 Å². The molecular formula is C20H23N3O2S2. The highest BCUT2D eigenvalue weighted by Crippen LogP contribution is 2.35. The lowest BCUT2D eigenvalue weighted by atomic mass is 9.93. The monoisotopic (exact) mass is 401 g/mol. The van der Waals surface area contributed by atoms with Crippen LogP contribution in [0.15, 0.2) is 46.4 Å². The number of aromatic nitrogens is 1. The molecule has 3 N–H and O–H groups in total. The molecule has 2 aromatic rings. The number of hydrogen-bond acceptors (Lipinski definition) is 6. The van der Waals surface area contributed by atoms with E-state index in [0.29, 0.717) is 21.0 Å². The second-order valence-corrected chi connectivity index (χ2v) is 9.41. The summed E-state index contributed by atoms with van der Waals surface area (Å²) in [5, 5.41) is 10.7. The lowest BCUT2D eigenvalue weighted by Gasteiger charge is -2.28. The van der Waals surface area contributed by atoms with Crippen LogP contribution in [0.3, 0.4) is 0 Å². The Morgan fingerprint density at radius 2 is 2.19 bits per heavy atom. The number of pyridine rings is 1. The summed E-state index contributed by atoms with van der Waals surface area (Å²) in [6, 6.07) is 9.78. The number of aliphatic hydroxyl groups is 1. The Kier molecular flexibility index (Phi) is 6.37. The van der Waals surface area contributed by atoms with Crippen molar-refractivity contribution in [2.24, 2.45) is 16.6 Å². The molecule has 1 aliphatic heterocycles. The molecule has 0 saturated heterocycles. The Bertz CT molecular complexity index is 911. The van der Waals surface area contributed by atoms with Gasteiger partial charge in [0.15, 0.2) is 0 Å². The van der Waals surface area contributed by atoms with E-state index in [1.165, 1.54) is 23.5 Å². The smallest absolute Gasteiger partial charge is 0.285 e. The third-order valence-electron chi connectivity index (χ3n) is 4.14. The molecule has 1 atom stereocenters. The largest absolute Gasteiger partial charge is 0.394 e. The van der Waals surface area contributed by atoms with Crippen LogP contribution in [-0.2, 0) is 4.79 Å². The molecule has 0 aliphatic carbocycles. The summed E-state index contributed by atoms with van der Waals surface area (Å²) in [5.74, 6) is 0.681. The van der Waals surface area contributed by atoms with Crippen molar-refractivity contribution < 1.29 is 9.90 Å². The van der Waals surface area contributed by atoms with Gasteiger partial charge in [-0.15, -0.1) is 0 Å². The molecule has 1 amide bonds. The number of carbonyl (C=O) groups is 1. The van der Waals surface area contributed by atoms with Crippen molar-refractivity contribution in [2.45, 2.75) is 25.8 Å². The number of thioether (sulfide) groups is 2. The van der Waals surface area contributed by atoms with Gasteiger partial charge in [-0.25, -0.2) is 0 Å². The van der Waals surface area contributed by atoms with Crippen LogP contribution in [0.2, 0.25) is 0 Å². The van der Waals surface area contributed by atoms with Gasteiger partial charge in [0, 0.05) is 22.9 Å². The minimum Gasteiger partial charge on any atom is -0.394 e. The van der Waals surface area contributed by atoms with E-state index in [4.69, 9.17) is 5.73 Å². The number of aliphatic imine (C=N–C) groups is 1. The molecule has 0 radical (unpaired) electrons. The first-order valence-electron chi connectivity index (χ1n) is 8.78. The van der Waals surface area contributed by atoms with E-state index in [0.717, 1.165) is 22.9 Å². The van der Waals surface area contributed by atoms with Crippen LogP contribution >= 0.6 is 23.5 Å². The highest BCUT2D eigenvalue weighted by Gasteiger charge is 2.29. The molecule has 5 nitrogen and oxygen atoms in total. The van der Waals surface area contributed by atoms with Gasteiger partial charge in [0.05, 0.1) is 17.0 Å². The average molecular weight is 402 g/mol. The molecule has 1 aromatic carbocycles. The second kappa shape index (κ2) is 8.56. The lowest BCUT2D eigenvalue weighted by Crippen LogP contribution is -2.47. The number of carbonyl (C=O) groups excluding carboxylic acids is 1. The third-order valence-corrected chi connectivity index (χ3v) is 6.58. The van der Waals surface area contributed by atoms with Gasteiger partial charge in [-0.3, -0.25) is 9.78 Å². The number of hydrogen-bond donors (Lipinski definition) is 2. The Balaban J connectivity index is 1.68. The zero-order valence-corrected chi connectivity index (χ0v) is 17.0. The molecule has 3 rings (SSSR count). The summed E-state index contributed by atoms with van der Waals surface area (Å²) in [7, 11) is 0. The number of aliphatic hydroxyl groups excluding tert-OH is 1. The summed E-state index contributed by atoms with van der Waals surface area (Å²) < 4.78 is 0.681. The van der Waals surface area contributed by atoms with Crippen molar-refractivity contribution in [3.63, 3.8) is 0 Å². The predicted octanol–water partition coefficient (Wildman–Crippen LogP) is 3.67. The maximum absolute atomic E-state index is 12.2. The topological polar surface area (TPSA) is 88.6 Å². The predicted molar refractivity (Wildman–Crippen MR) is 116 cm³/mol. The van der Waals surface area contributed by atoms with E-state index < -0.39 is 5.54 Å². The maximum atomic E-state index is 12.2. The van der Waals surface area contributed by atoms with Crippen LogP contribution in [0.1, 0.15) is 25.8 Å². The molecular weight excluding hydrogens is 378 g/mol. The molecule has 0 unspecified atom stereocenters. The molecule has 142 valence electrons. The van der Waals surface area contributed by atoms with E-state index in [-0.39, 0.29) is 12.5 Å². The normalized spacial score (nSPS) is 18.3. The third kappa shape index (κ3) is 5.19. The van der Waals surface area contributed by atoms with Crippen molar-refractivity contribution in [3.05, 3.63) is 47.0 Å². The Morgan fingerprint density at radius 1 is 1.37 bits per heavy atom. The van der Waals surface area contributed by atoms with Crippen LogP contribution < -0.4 is 5.73 Å². The Morgan fingerprint density at radius 3 is 2.93 bits per heavy atom. The number of amides is 1. The molecule has 2 heterocycles. The van der Waals surface area contributed by atoms with Crippen molar-refractivity contribution >= 4 is 50.8 Å². The van der Waals surface area contributed by atoms with Crippen LogP contribution in [0.5, 0.6) is 0 Å². The Hall–Kier alpha value is -1.67. The van der Waals surface area contributed by atoms with Crippen molar-refractivity contribution in [3.8, 4) is 0 Å². The van der Waals surface area contributed by atoms with Gasteiger partial charge in [-0.2, -0.15) is 4.99 Å². The first-order valence-corrected chi connectivity index (χ1v) is 10.6. The van der Waals surface area contributed by atoms with Crippen molar-refractivity contribution in [1.82, 2.24) is 4.98 Å². The van der Waals surface area contributed by atoms with Crippen LogP contribution in [0.25, 0.3) is 17.0 Å². The lowest BCUT2D eigenvalue weighted by molar-refractivity contribution is -0.113. The molecule has 0 bridgehead atoms. The van der Waals surface area contributed by atoms with Gasteiger partial charge < -0.3 is 10.8 Å². The van der Waals surface area contributed by atoms with Crippen LogP contribution in [0.4, 0.5) is 0 Å². The summed E-state index contributed by atoms with van der Waals surface area (Å²) in [6.07, 6.45) is 4.33. The standard InChI is InChI=1S/C20H23N3O2S2/c1-13(2)10-20(21,11-24)12-26-19-23-18(25)17(27-19)9-14-5-6-16-15(8-14)4-3-7-22-16/h3-9,13,24H,10-12,21H2,1-2H3/t20-/m1/s1. The van der Waals surface area contributed by atoms with E-state index in [2.05, 4.69) is 23.8 Å². The summed E-state index contributed by atoms with van der Waals surface area (Å²) in [5.41, 5.74) is 7.48. The zero-order valence-electron chi connectivity index (χ0n) is 15.4. The van der Waals surface area contributed by atoms with Crippen molar-refractivity contribution in [1.29, 1.82) is 0 Å². The number of rotatable bonds is 6. The zero-order chi connectivity index (χ0) is 19.4. The fourth-order valence-corrected chi connectivity index (χ4v) is 5.07. The van der Waals surface area contributed by atoms with E-state index in [9.17, 15) is 9.90 Å². The second-order valence-electron chi connectivity index (χ2n) is 7.16. The van der Waals surface area contributed by atoms with Crippen LogP contribution in [-0.4, -0.2) is 38.3 Å². The van der Waals surface area contributed by atoms with Crippen molar-refractivity contribution in [2.75, 3.05) is 12.4 Å². The summed E-state index contributed by atoms with van der Waals surface area (Å²) >= 11 is 2.80. The summed E-state index contributed by atoms with van der Waals surface area (Å²) in [4.78, 5) is 21.3. The quantitative estimate of drug-likeness (QED) is 0.718.